The Kier molecular flexibility index (Phi) is 6.53. The molecule has 0 saturated carbocycles. The molecule has 1 aliphatic rings. The summed E-state index contributed by atoms with van der Waals surface area (Å²) >= 11 is 0. The van der Waals surface area contributed by atoms with Crippen molar-refractivity contribution in [2.24, 2.45) is 0 Å². The van der Waals surface area contributed by atoms with Crippen molar-refractivity contribution in [1.29, 1.82) is 0 Å². The lowest BCUT2D eigenvalue weighted by Crippen LogP contribution is -2.35. The van der Waals surface area contributed by atoms with E-state index in [0.29, 0.717) is 30.3 Å². The molecule has 3 rings (SSSR count). The number of carbonyl (C=O) groups excluding carboxylic acids is 1. The molecule has 0 unspecified atom stereocenters. The fraction of sp³-hybridized carbons (Fsp3) is 0.350. The van der Waals surface area contributed by atoms with Crippen molar-refractivity contribution in [3.8, 4) is 11.5 Å². The standard InChI is InChI=1S/C20H24N2O5S/c1-26-19-8-4-3-7-18(19)21-20(23)15-27-16-9-11-17(12-10-16)28(24,25)22-13-5-2-6-14-22/h3-4,7-12H,2,5-6,13-15H2,1H3,(H,21,23). The first kappa shape index (κ1) is 20.2. The highest BCUT2D eigenvalue weighted by atomic mass is 32.2. The van der Waals surface area contributed by atoms with E-state index in [2.05, 4.69) is 5.32 Å². The molecule has 1 saturated heterocycles. The van der Waals surface area contributed by atoms with Crippen molar-refractivity contribution in [2.45, 2.75) is 24.2 Å². The summed E-state index contributed by atoms with van der Waals surface area (Å²) in [5, 5.41) is 2.72. The van der Waals surface area contributed by atoms with Crippen LogP contribution in [0.25, 0.3) is 0 Å². The highest BCUT2D eigenvalue weighted by Gasteiger charge is 2.25. The van der Waals surface area contributed by atoms with Crippen LogP contribution in [0.1, 0.15) is 19.3 Å². The van der Waals surface area contributed by atoms with E-state index >= 15 is 0 Å². The predicted molar refractivity (Wildman–Crippen MR) is 106 cm³/mol. The van der Waals surface area contributed by atoms with Crippen LogP contribution in [0.3, 0.4) is 0 Å². The number of sulfonamides is 1. The Hall–Kier alpha value is -2.58. The molecule has 7 nitrogen and oxygen atoms in total. The molecule has 2 aromatic carbocycles. The Labute approximate surface area is 165 Å². The third-order valence-electron chi connectivity index (χ3n) is 4.53. The van der Waals surface area contributed by atoms with Gasteiger partial charge in [0, 0.05) is 13.1 Å². The Morgan fingerprint density at radius 2 is 1.71 bits per heavy atom. The van der Waals surface area contributed by atoms with E-state index in [4.69, 9.17) is 9.47 Å². The molecule has 0 spiro atoms. The number of amides is 1. The average Bonchev–Trinajstić information content (AvgIpc) is 2.73. The summed E-state index contributed by atoms with van der Waals surface area (Å²) in [5.74, 6) is 0.644. The zero-order valence-corrected chi connectivity index (χ0v) is 16.6. The molecule has 0 atom stereocenters. The number of hydrogen-bond acceptors (Lipinski definition) is 5. The van der Waals surface area contributed by atoms with E-state index in [9.17, 15) is 13.2 Å². The number of hydrogen-bond donors (Lipinski definition) is 1. The van der Waals surface area contributed by atoms with Gasteiger partial charge in [0.05, 0.1) is 17.7 Å². The number of methoxy groups -OCH3 is 1. The van der Waals surface area contributed by atoms with Gasteiger partial charge in [-0.05, 0) is 49.2 Å². The second kappa shape index (κ2) is 9.07. The third-order valence-corrected chi connectivity index (χ3v) is 6.44. The first-order valence-corrected chi connectivity index (χ1v) is 10.6. The number of carbonyl (C=O) groups is 1. The van der Waals surface area contributed by atoms with E-state index in [0.717, 1.165) is 19.3 Å². The van der Waals surface area contributed by atoms with Crippen LogP contribution >= 0.6 is 0 Å². The lowest BCUT2D eigenvalue weighted by Gasteiger charge is -2.25. The minimum Gasteiger partial charge on any atom is -0.495 e. The summed E-state index contributed by atoms with van der Waals surface area (Å²) in [7, 11) is -1.95. The molecular weight excluding hydrogens is 380 g/mol. The summed E-state index contributed by atoms with van der Waals surface area (Å²) < 4.78 is 37.4. The molecule has 0 bridgehead atoms. The molecule has 28 heavy (non-hydrogen) atoms. The van der Waals surface area contributed by atoms with Crippen LogP contribution < -0.4 is 14.8 Å². The van der Waals surface area contributed by atoms with Crippen molar-refractivity contribution in [3.63, 3.8) is 0 Å². The van der Waals surface area contributed by atoms with Gasteiger partial charge in [-0.3, -0.25) is 4.79 Å². The summed E-state index contributed by atoms with van der Waals surface area (Å²) in [6.45, 7) is 0.920. The van der Waals surface area contributed by atoms with Crippen molar-refractivity contribution < 1.29 is 22.7 Å². The number of anilines is 1. The quantitative estimate of drug-likeness (QED) is 0.767. The van der Waals surface area contributed by atoms with Crippen LogP contribution in [0, 0.1) is 0 Å². The van der Waals surface area contributed by atoms with E-state index < -0.39 is 10.0 Å². The molecule has 150 valence electrons. The number of benzene rings is 2. The Morgan fingerprint density at radius 1 is 1.04 bits per heavy atom. The number of rotatable bonds is 7. The highest BCUT2D eigenvalue weighted by Crippen LogP contribution is 2.24. The number of nitrogens with zero attached hydrogens (tertiary/aromatic N) is 1. The molecule has 8 heteroatoms. The zero-order chi connectivity index (χ0) is 20.0. The first-order chi connectivity index (χ1) is 13.5. The molecule has 0 radical (unpaired) electrons. The molecule has 1 aliphatic heterocycles. The zero-order valence-electron chi connectivity index (χ0n) is 15.8. The van der Waals surface area contributed by atoms with Crippen LogP contribution in [-0.2, 0) is 14.8 Å². The average molecular weight is 404 g/mol. The maximum absolute atomic E-state index is 12.6. The van der Waals surface area contributed by atoms with E-state index in [-0.39, 0.29) is 17.4 Å². The topological polar surface area (TPSA) is 84.9 Å². The maximum atomic E-state index is 12.6. The summed E-state index contributed by atoms with van der Waals surface area (Å²) in [4.78, 5) is 12.3. The van der Waals surface area contributed by atoms with Crippen LogP contribution in [0.15, 0.2) is 53.4 Å². The molecule has 1 N–H and O–H groups in total. The SMILES string of the molecule is COc1ccccc1NC(=O)COc1ccc(S(=O)(=O)N2CCCCC2)cc1. The van der Waals surface area contributed by atoms with Gasteiger partial charge in [0.25, 0.3) is 5.91 Å². The van der Waals surface area contributed by atoms with Crippen LogP contribution in [0.4, 0.5) is 5.69 Å². The lowest BCUT2D eigenvalue weighted by atomic mass is 10.2. The van der Waals surface area contributed by atoms with Gasteiger partial charge >= 0.3 is 0 Å². The van der Waals surface area contributed by atoms with Crippen LogP contribution in [0.5, 0.6) is 11.5 Å². The molecule has 0 aromatic heterocycles. The van der Waals surface area contributed by atoms with Crippen molar-refractivity contribution in [2.75, 3.05) is 32.1 Å². The summed E-state index contributed by atoms with van der Waals surface area (Å²) in [6, 6.07) is 13.2. The van der Waals surface area contributed by atoms with Gasteiger partial charge in [0.15, 0.2) is 6.61 Å². The smallest absolute Gasteiger partial charge is 0.262 e. The molecule has 2 aromatic rings. The Morgan fingerprint density at radius 3 is 2.39 bits per heavy atom. The van der Waals surface area contributed by atoms with E-state index in [1.807, 2.05) is 6.07 Å². The fourth-order valence-electron chi connectivity index (χ4n) is 3.05. The van der Waals surface area contributed by atoms with Gasteiger partial charge < -0.3 is 14.8 Å². The molecule has 1 amide bonds. The fourth-order valence-corrected chi connectivity index (χ4v) is 4.56. The minimum atomic E-state index is -3.47. The highest BCUT2D eigenvalue weighted by molar-refractivity contribution is 7.89. The van der Waals surface area contributed by atoms with Gasteiger partial charge in [-0.2, -0.15) is 4.31 Å². The third kappa shape index (κ3) is 4.82. The molecule has 0 aliphatic carbocycles. The van der Waals surface area contributed by atoms with Crippen molar-refractivity contribution >= 4 is 21.6 Å². The summed E-state index contributed by atoms with van der Waals surface area (Å²) in [6.07, 6.45) is 2.85. The van der Waals surface area contributed by atoms with Gasteiger partial charge in [0.2, 0.25) is 10.0 Å². The second-order valence-electron chi connectivity index (χ2n) is 6.47. The van der Waals surface area contributed by atoms with Crippen LogP contribution in [0.2, 0.25) is 0 Å². The van der Waals surface area contributed by atoms with Crippen LogP contribution in [-0.4, -0.2) is 45.4 Å². The van der Waals surface area contributed by atoms with Gasteiger partial charge in [-0.15, -0.1) is 0 Å². The lowest BCUT2D eigenvalue weighted by molar-refractivity contribution is -0.118. The second-order valence-corrected chi connectivity index (χ2v) is 8.41. The number of nitrogens with one attached hydrogen (secondary N) is 1. The monoisotopic (exact) mass is 404 g/mol. The predicted octanol–water partition coefficient (Wildman–Crippen LogP) is 2.89. The Balaban J connectivity index is 1.57. The van der Waals surface area contributed by atoms with Gasteiger partial charge in [-0.25, -0.2) is 8.42 Å². The van der Waals surface area contributed by atoms with E-state index in [1.165, 1.54) is 23.5 Å². The normalized spacial score (nSPS) is 15.0. The first-order valence-electron chi connectivity index (χ1n) is 9.16. The van der Waals surface area contributed by atoms with Gasteiger partial charge in [-0.1, -0.05) is 18.6 Å². The number of para-hydroxylation sites is 2. The molecular formula is C20H24N2O5S. The van der Waals surface area contributed by atoms with E-state index in [1.54, 1.807) is 30.3 Å². The molecule has 1 fully saturated rings. The number of ether oxygens (including phenoxy) is 2. The Bertz CT molecular complexity index is 906. The van der Waals surface area contributed by atoms with Crippen molar-refractivity contribution in [3.05, 3.63) is 48.5 Å². The largest absolute Gasteiger partial charge is 0.495 e. The molecule has 1 heterocycles. The minimum absolute atomic E-state index is 0.198. The van der Waals surface area contributed by atoms with Crippen molar-refractivity contribution in [1.82, 2.24) is 4.31 Å². The number of piperidine rings is 1. The maximum Gasteiger partial charge on any atom is 0.262 e. The van der Waals surface area contributed by atoms with Gasteiger partial charge in [0.1, 0.15) is 11.5 Å². The summed E-state index contributed by atoms with van der Waals surface area (Å²) in [5.41, 5.74) is 0.557.